The van der Waals surface area contributed by atoms with Crippen molar-refractivity contribution in [3.8, 4) is 0 Å². The second-order valence-electron chi connectivity index (χ2n) is 4.52. The van der Waals surface area contributed by atoms with Crippen LogP contribution >= 0.6 is 0 Å². The highest BCUT2D eigenvalue weighted by atomic mass is 16.1. The fourth-order valence-electron chi connectivity index (χ4n) is 1.70. The molecular formula is C11H21NO. The van der Waals surface area contributed by atoms with E-state index in [9.17, 15) is 4.79 Å². The molecule has 0 bridgehead atoms. The highest BCUT2D eigenvalue weighted by Gasteiger charge is 2.23. The van der Waals surface area contributed by atoms with Crippen LogP contribution < -0.4 is 5.32 Å². The zero-order valence-electron chi connectivity index (χ0n) is 8.97. The van der Waals surface area contributed by atoms with Crippen molar-refractivity contribution in [3.05, 3.63) is 0 Å². The Morgan fingerprint density at radius 2 is 1.77 bits per heavy atom. The number of carbonyl (C=O) groups is 1. The smallest absolute Gasteiger partial charge is 0.223 e. The zero-order chi connectivity index (χ0) is 9.84. The van der Waals surface area contributed by atoms with Crippen LogP contribution in [0, 0.1) is 11.8 Å². The number of carbonyl (C=O) groups excluding carboxylic acids is 1. The molecule has 0 unspecified atom stereocenters. The Morgan fingerprint density at radius 3 is 2.23 bits per heavy atom. The van der Waals surface area contributed by atoms with Crippen LogP contribution in [0.1, 0.15) is 46.5 Å². The van der Waals surface area contributed by atoms with Crippen molar-refractivity contribution in [2.45, 2.75) is 52.5 Å². The molecule has 1 fully saturated rings. The number of nitrogens with one attached hydrogen (secondary N) is 1. The number of hydrogen-bond donors (Lipinski definition) is 1. The van der Waals surface area contributed by atoms with Crippen molar-refractivity contribution < 1.29 is 4.79 Å². The molecule has 1 aliphatic carbocycles. The molecule has 0 heterocycles. The quantitative estimate of drug-likeness (QED) is 0.715. The van der Waals surface area contributed by atoms with E-state index in [0.717, 1.165) is 12.8 Å². The summed E-state index contributed by atoms with van der Waals surface area (Å²) in [6, 6.07) is 0.313. The molecule has 2 heteroatoms. The van der Waals surface area contributed by atoms with Gasteiger partial charge in [0.05, 0.1) is 0 Å². The SMILES string of the molecule is CC(C)[C@H](C)NC(=O)C1CCCC1. The molecule has 0 aromatic rings. The van der Waals surface area contributed by atoms with Crippen molar-refractivity contribution >= 4 is 5.91 Å². The Labute approximate surface area is 81.1 Å². The highest BCUT2D eigenvalue weighted by molar-refractivity contribution is 5.79. The van der Waals surface area contributed by atoms with Crippen molar-refractivity contribution in [1.29, 1.82) is 0 Å². The van der Waals surface area contributed by atoms with E-state index in [4.69, 9.17) is 0 Å². The van der Waals surface area contributed by atoms with Crippen LogP contribution in [0.3, 0.4) is 0 Å². The largest absolute Gasteiger partial charge is 0.353 e. The Balaban J connectivity index is 2.31. The van der Waals surface area contributed by atoms with Crippen LogP contribution in [-0.2, 0) is 4.79 Å². The summed E-state index contributed by atoms with van der Waals surface area (Å²) >= 11 is 0. The van der Waals surface area contributed by atoms with Crippen LogP contribution in [0.5, 0.6) is 0 Å². The summed E-state index contributed by atoms with van der Waals surface area (Å²) in [7, 11) is 0. The fraction of sp³-hybridized carbons (Fsp3) is 0.909. The molecule has 0 radical (unpaired) electrons. The van der Waals surface area contributed by atoms with Crippen LogP contribution in [0.25, 0.3) is 0 Å². The second kappa shape index (κ2) is 4.64. The third-order valence-corrected chi connectivity index (χ3v) is 3.10. The summed E-state index contributed by atoms with van der Waals surface area (Å²) in [6.07, 6.45) is 4.65. The Kier molecular flexibility index (Phi) is 3.76. The van der Waals surface area contributed by atoms with Gasteiger partial charge in [-0.2, -0.15) is 0 Å². The predicted octanol–water partition coefficient (Wildman–Crippen LogP) is 2.34. The van der Waals surface area contributed by atoms with Crippen molar-refractivity contribution in [2.24, 2.45) is 11.8 Å². The minimum atomic E-state index is 0.277. The lowest BCUT2D eigenvalue weighted by atomic mass is 10.0. The molecule has 0 saturated heterocycles. The van der Waals surface area contributed by atoms with Gasteiger partial charge in [0.2, 0.25) is 5.91 Å². The molecule has 1 amide bonds. The summed E-state index contributed by atoms with van der Waals surface area (Å²) < 4.78 is 0. The van der Waals surface area contributed by atoms with E-state index in [1.165, 1.54) is 12.8 Å². The molecule has 1 saturated carbocycles. The molecule has 2 nitrogen and oxygen atoms in total. The van der Waals surface area contributed by atoms with Gasteiger partial charge < -0.3 is 5.32 Å². The van der Waals surface area contributed by atoms with E-state index in [0.29, 0.717) is 17.9 Å². The first-order chi connectivity index (χ1) is 6.11. The number of rotatable bonds is 3. The topological polar surface area (TPSA) is 29.1 Å². The van der Waals surface area contributed by atoms with E-state index in [2.05, 4.69) is 26.1 Å². The summed E-state index contributed by atoms with van der Waals surface area (Å²) in [5, 5.41) is 3.08. The van der Waals surface area contributed by atoms with Gasteiger partial charge in [0.15, 0.2) is 0 Å². The molecule has 1 atom stereocenters. The van der Waals surface area contributed by atoms with Crippen LogP contribution in [-0.4, -0.2) is 11.9 Å². The molecule has 76 valence electrons. The third kappa shape index (κ3) is 3.02. The van der Waals surface area contributed by atoms with Crippen molar-refractivity contribution in [2.75, 3.05) is 0 Å². The minimum absolute atomic E-state index is 0.277. The van der Waals surface area contributed by atoms with Gasteiger partial charge in [0.1, 0.15) is 0 Å². The first-order valence-corrected chi connectivity index (χ1v) is 5.41. The van der Waals surface area contributed by atoms with Gasteiger partial charge in [-0.05, 0) is 25.7 Å². The monoisotopic (exact) mass is 183 g/mol. The van der Waals surface area contributed by atoms with Crippen LogP contribution in [0.2, 0.25) is 0 Å². The predicted molar refractivity (Wildman–Crippen MR) is 54.4 cm³/mol. The number of amides is 1. The normalized spacial score (nSPS) is 20.6. The van der Waals surface area contributed by atoms with Crippen molar-refractivity contribution in [1.82, 2.24) is 5.32 Å². The molecule has 13 heavy (non-hydrogen) atoms. The minimum Gasteiger partial charge on any atom is -0.353 e. The average molecular weight is 183 g/mol. The van der Waals surface area contributed by atoms with Crippen LogP contribution in [0.4, 0.5) is 0 Å². The van der Waals surface area contributed by atoms with E-state index < -0.39 is 0 Å². The molecule has 0 aromatic carbocycles. The van der Waals surface area contributed by atoms with Gasteiger partial charge in [-0.3, -0.25) is 4.79 Å². The van der Waals surface area contributed by atoms with Gasteiger partial charge in [0, 0.05) is 12.0 Å². The van der Waals surface area contributed by atoms with Gasteiger partial charge in [-0.25, -0.2) is 0 Å². The molecule has 1 aliphatic rings. The molecular weight excluding hydrogens is 162 g/mol. The fourth-order valence-corrected chi connectivity index (χ4v) is 1.70. The summed E-state index contributed by atoms with van der Waals surface area (Å²) in [5.41, 5.74) is 0. The maximum absolute atomic E-state index is 11.6. The lowest BCUT2D eigenvalue weighted by Crippen LogP contribution is -2.39. The van der Waals surface area contributed by atoms with E-state index >= 15 is 0 Å². The first kappa shape index (κ1) is 10.6. The summed E-state index contributed by atoms with van der Waals surface area (Å²) in [4.78, 5) is 11.6. The maximum atomic E-state index is 11.6. The molecule has 1 rings (SSSR count). The van der Waals surface area contributed by atoms with Crippen LogP contribution in [0.15, 0.2) is 0 Å². The maximum Gasteiger partial charge on any atom is 0.223 e. The van der Waals surface area contributed by atoms with Gasteiger partial charge in [-0.15, -0.1) is 0 Å². The third-order valence-electron chi connectivity index (χ3n) is 3.10. The molecule has 0 aliphatic heterocycles. The first-order valence-electron chi connectivity index (χ1n) is 5.41. The lowest BCUT2D eigenvalue weighted by Gasteiger charge is -2.19. The standard InChI is InChI=1S/C11H21NO/c1-8(2)9(3)12-11(13)10-6-4-5-7-10/h8-10H,4-7H2,1-3H3,(H,12,13)/t9-/m0/s1. The summed E-state index contributed by atoms with van der Waals surface area (Å²) in [5.74, 6) is 1.12. The molecule has 0 aromatic heterocycles. The molecule has 1 N–H and O–H groups in total. The Hall–Kier alpha value is -0.530. The summed E-state index contributed by atoms with van der Waals surface area (Å²) in [6.45, 7) is 6.36. The Bertz CT molecular complexity index is 171. The Morgan fingerprint density at radius 1 is 1.23 bits per heavy atom. The van der Waals surface area contributed by atoms with E-state index in [-0.39, 0.29) is 5.91 Å². The van der Waals surface area contributed by atoms with Gasteiger partial charge in [-0.1, -0.05) is 26.7 Å². The highest BCUT2D eigenvalue weighted by Crippen LogP contribution is 2.24. The van der Waals surface area contributed by atoms with Gasteiger partial charge >= 0.3 is 0 Å². The van der Waals surface area contributed by atoms with Crippen molar-refractivity contribution in [3.63, 3.8) is 0 Å². The second-order valence-corrected chi connectivity index (χ2v) is 4.52. The lowest BCUT2D eigenvalue weighted by molar-refractivity contribution is -0.125. The number of hydrogen-bond acceptors (Lipinski definition) is 1. The molecule has 0 spiro atoms. The van der Waals surface area contributed by atoms with Gasteiger partial charge in [0.25, 0.3) is 0 Å². The van der Waals surface area contributed by atoms with E-state index in [1.54, 1.807) is 0 Å². The zero-order valence-corrected chi connectivity index (χ0v) is 8.97. The van der Waals surface area contributed by atoms with E-state index in [1.807, 2.05) is 0 Å². The average Bonchev–Trinajstić information content (AvgIpc) is 2.55.